The van der Waals surface area contributed by atoms with Gasteiger partial charge in [0.2, 0.25) is 0 Å². The lowest BCUT2D eigenvalue weighted by atomic mass is 9.93. The Kier molecular flexibility index (Phi) is 4.85. The maximum atomic E-state index is 13.2. The first-order valence-corrected chi connectivity index (χ1v) is 9.49. The number of H-pyrrole nitrogens is 1. The number of aromatic nitrogens is 1. The average Bonchev–Trinajstić information content (AvgIpc) is 2.68. The van der Waals surface area contributed by atoms with Crippen LogP contribution in [0.4, 0.5) is 0 Å². The van der Waals surface area contributed by atoms with Crippen LogP contribution in [0.25, 0.3) is 0 Å². The lowest BCUT2D eigenvalue weighted by molar-refractivity contribution is 0.0632. The number of Topliss-reactive ketones (excluding diaryl/α,β-unsaturated/α-hetero) is 1. The quantitative estimate of drug-likeness (QED) is 0.831. The Bertz CT molecular complexity index is 969. The Labute approximate surface area is 161 Å². The molecule has 1 amide bonds. The third-order valence-corrected chi connectivity index (χ3v) is 5.60. The molecule has 0 saturated carbocycles. The summed E-state index contributed by atoms with van der Waals surface area (Å²) in [6, 6.07) is 8.60. The van der Waals surface area contributed by atoms with E-state index in [1.807, 2.05) is 18.2 Å². The van der Waals surface area contributed by atoms with E-state index in [0.29, 0.717) is 48.8 Å². The zero-order chi connectivity index (χ0) is 19.0. The van der Waals surface area contributed by atoms with Gasteiger partial charge in [0.15, 0.2) is 5.78 Å². The molecule has 4 rings (SSSR count). The Balaban J connectivity index is 1.73. The van der Waals surface area contributed by atoms with Crippen LogP contribution >= 0.6 is 11.6 Å². The minimum atomic E-state index is -0.440. The highest BCUT2D eigenvalue weighted by Gasteiger charge is 2.32. The van der Waals surface area contributed by atoms with Crippen LogP contribution in [0.5, 0.6) is 0 Å². The van der Waals surface area contributed by atoms with Gasteiger partial charge in [-0.25, -0.2) is 0 Å². The summed E-state index contributed by atoms with van der Waals surface area (Å²) < 4.78 is 0. The second kappa shape index (κ2) is 7.29. The van der Waals surface area contributed by atoms with Gasteiger partial charge < -0.3 is 15.2 Å². The molecule has 1 fully saturated rings. The molecular weight excluding hydrogens is 366 g/mol. The Morgan fingerprint density at radius 3 is 2.81 bits per heavy atom. The van der Waals surface area contributed by atoms with Gasteiger partial charge in [0.25, 0.3) is 11.5 Å². The number of piperazine rings is 1. The molecule has 0 bridgehead atoms. The van der Waals surface area contributed by atoms with Crippen molar-refractivity contribution < 1.29 is 9.59 Å². The number of aryl methyl sites for hydroxylation is 1. The number of benzene rings is 1. The van der Waals surface area contributed by atoms with Gasteiger partial charge in [0.1, 0.15) is 5.56 Å². The van der Waals surface area contributed by atoms with Crippen molar-refractivity contribution in [3.05, 3.63) is 68.1 Å². The molecular formula is C20H20ClN3O3. The fourth-order valence-corrected chi connectivity index (χ4v) is 4.12. The van der Waals surface area contributed by atoms with Crippen LogP contribution in [0.3, 0.4) is 0 Å². The maximum Gasteiger partial charge on any atom is 0.261 e. The van der Waals surface area contributed by atoms with E-state index in [1.165, 1.54) is 6.07 Å². The number of fused-ring (bicyclic) bond motifs is 1. The molecule has 0 radical (unpaired) electrons. The van der Waals surface area contributed by atoms with Crippen LogP contribution in [0.15, 0.2) is 35.1 Å². The van der Waals surface area contributed by atoms with Crippen molar-refractivity contribution >= 4 is 23.3 Å². The smallest absolute Gasteiger partial charge is 0.261 e. The zero-order valence-electron chi connectivity index (χ0n) is 14.8. The average molecular weight is 386 g/mol. The number of pyridine rings is 1. The van der Waals surface area contributed by atoms with E-state index in [2.05, 4.69) is 10.3 Å². The van der Waals surface area contributed by atoms with E-state index in [0.717, 1.165) is 12.0 Å². The molecule has 7 heteroatoms. The molecule has 1 unspecified atom stereocenters. The van der Waals surface area contributed by atoms with Crippen molar-refractivity contribution in [2.75, 3.05) is 19.6 Å². The fourth-order valence-electron chi connectivity index (χ4n) is 3.86. The predicted octanol–water partition coefficient (Wildman–Crippen LogP) is 2.33. The minimum Gasteiger partial charge on any atom is -0.329 e. The second-order valence-corrected chi connectivity index (χ2v) is 7.33. The van der Waals surface area contributed by atoms with Gasteiger partial charge in [0, 0.05) is 42.3 Å². The van der Waals surface area contributed by atoms with Crippen LogP contribution in [-0.4, -0.2) is 41.2 Å². The Morgan fingerprint density at radius 2 is 2.00 bits per heavy atom. The molecule has 1 aliphatic heterocycles. The van der Waals surface area contributed by atoms with E-state index >= 15 is 0 Å². The van der Waals surface area contributed by atoms with E-state index in [-0.39, 0.29) is 23.3 Å². The highest BCUT2D eigenvalue weighted by molar-refractivity contribution is 6.31. The molecule has 27 heavy (non-hydrogen) atoms. The van der Waals surface area contributed by atoms with Gasteiger partial charge in [0.05, 0.1) is 6.04 Å². The van der Waals surface area contributed by atoms with Gasteiger partial charge >= 0.3 is 0 Å². The molecule has 140 valence electrons. The highest BCUT2D eigenvalue weighted by Crippen LogP contribution is 2.29. The molecule has 1 aliphatic carbocycles. The number of halogens is 1. The van der Waals surface area contributed by atoms with Crippen molar-refractivity contribution in [2.24, 2.45) is 0 Å². The summed E-state index contributed by atoms with van der Waals surface area (Å²) in [6.45, 7) is 1.64. The van der Waals surface area contributed by atoms with Gasteiger partial charge in [-0.15, -0.1) is 0 Å². The summed E-state index contributed by atoms with van der Waals surface area (Å²) in [5.74, 6) is -0.395. The van der Waals surface area contributed by atoms with Gasteiger partial charge in [-0.05, 0) is 30.5 Å². The monoisotopic (exact) mass is 385 g/mol. The van der Waals surface area contributed by atoms with Crippen LogP contribution in [0, 0.1) is 0 Å². The van der Waals surface area contributed by atoms with Crippen LogP contribution < -0.4 is 10.9 Å². The SMILES string of the molecule is O=C1CCCc2[nH]c(=O)c(C(=O)N3CCNCC3c3ccccc3Cl)cc21. The summed E-state index contributed by atoms with van der Waals surface area (Å²) in [6.07, 6.45) is 1.82. The first kappa shape index (κ1) is 17.9. The van der Waals surface area contributed by atoms with E-state index in [9.17, 15) is 14.4 Å². The molecule has 2 aromatic rings. The first-order valence-electron chi connectivity index (χ1n) is 9.12. The van der Waals surface area contributed by atoms with Crippen molar-refractivity contribution in [1.29, 1.82) is 0 Å². The first-order chi connectivity index (χ1) is 13.1. The predicted molar refractivity (Wildman–Crippen MR) is 102 cm³/mol. The molecule has 1 saturated heterocycles. The summed E-state index contributed by atoms with van der Waals surface area (Å²) >= 11 is 6.34. The van der Waals surface area contributed by atoms with Gasteiger partial charge in [-0.2, -0.15) is 0 Å². The molecule has 2 N–H and O–H groups in total. The van der Waals surface area contributed by atoms with Crippen molar-refractivity contribution in [3.63, 3.8) is 0 Å². The number of rotatable bonds is 2. The van der Waals surface area contributed by atoms with Crippen molar-refractivity contribution in [2.45, 2.75) is 25.3 Å². The number of amides is 1. The number of aromatic amines is 1. The van der Waals surface area contributed by atoms with E-state index in [4.69, 9.17) is 11.6 Å². The van der Waals surface area contributed by atoms with Crippen LogP contribution in [0.2, 0.25) is 5.02 Å². The molecule has 1 atom stereocenters. The molecule has 2 aliphatic rings. The largest absolute Gasteiger partial charge is 0.329 e. The summed E-state index contributed by atoms with van der Waals surface area (Å²) in [7, 11) is 0. The van der Waals surface area contributed by atoms with Gasteiger partial charge in [-0.3, -0.25) is 14.4 Å². The van der Waals surface area contributed by atoms with E-state index < -0.39 is 5.56 Å². The lowest BCUT2D eigenvalue weighted by Crippen LogP contribution is -2.49. The number of carbonyl (C=O) groups excluding carboxylic acids is 2. The summed E-state index contributed by atoms with van der Waals surface area (Å²) in [4.78, 5) is 42.4. The van der Waals surface area contributed by atoms with Gasteiger partial charge in [-0.1, -0.05) is 29.8 Å². The number of nitrogens with zero attached hydrogens (tertiary/aromatic N) is 1. The standard InChI is InChI=1S/C20H20ClN3O3/c21-15-5-2-1-4-12(15)17-11-22-8-9-24(17)20(27)14-10-13-16(23-19(14)26)6-3-7-18(13)25/h1-2,4-5,10,17,22H,3,6-9,11H2,(H,23,26). The Hall–Kier alpha value is -2.44. The van der Waals surface area contributed by atoms with Crippen LogP contribution in [-0.2, 0) is 6.42 Å². The molecule has 1 aromatic heterocycles. The second-order valence-electron chi connectivity index (χ2n) is 6.92. The van der Waals surface area contributed by atoms with E-state index in [1.54, 1.807) is 11.0 Å². The Morgan fingerprint density at radius 1 is 1.19 bits per heavy atom. The molecule has 1 aromatic carbocycles. The third-order valence-electron chi connectivity index (χ3n) is 5.25. The number of nitrogens with one attached hydrogen (secondary N) is 2. The minimum absolute atomic E-state index is 0.0166. The fraction of sp³-hybridized carbons (Fsp3) is 0.350. The summed E-state index contributed by atoms with van der Waals surface area (Å²) in [5, 5.41) is 3.86. The third kappa shape index (κ3) is 3.31. The molecule has 6 nitrogen and oxygen atoms in total. The topological polar surface area (TPSA) is 82.3 Å². The number of hydrogen-bond acceptors (Lipinski definition) is 4. The molecule has 0 spiro atoms. The highest BCUT2D eigenvalue weighted by atomic mass is 35.5. The summed E-state index contributed by atoms with van der Waals surface area (Å²) in [5.41, 5.74) is 1.52. The van der Waals surface area contributed by atoms with Crippen molar-refractivity contribution in [3.8, 4) is 0 Å². The number of carbonyl (C=O) groups is 2. The van der Waals surface area contributed by atoms with Crippen LogP contribution in [0.1, 0.15) is 50.9 Å². The number of hydrogen-bond donors (Lipinski definition) is 2. The lowest BCUT2D eigenvalue weighted by Gasteiger charge is -2.37. The van der Waals surface area contributed by atoms with Crippen molar-refractivity contribution in [1.82, 2.24) is 15.2 Å². The molecule has 2 heterocycles. The zero-order valence-corrected chi connectivity index (χ0v) is 15.5. The number of ketones is 1. The maximum absolute atomic E-state index is 13.2. The normalized spacial score (nSPS) is 19.7.